The second-order valence-electron chi connectivity index (χ2n) is 8.56. The van der Waals surface area contributed by atoms with Crippen LogP contribution in [0.15, 0.2) is 72.8 Å². The molecule has 3 rings (SSSR count). The first kappa shape index (κ1) is 27.1. The van der Waals surface area contributed by atoms with Gasteiger partial charge >= 0.3 is 0 Å². The maximum atomic E-state index is 13.7. The molecule has 0 fully saturated rings. The number of benzene rings is 3. The van der Waals surface area contributed by atoms with Crippen LogP contribution in [0.4, 0.5) is 0 Å². The second kappa shape index (κ2) is 13.0. The van der Waals surface area contributed by atoms with Gasteiger partial charge in [0.25, 0.3) is 0 Å². The zero-order chi connectivity index (χ0) is 25.4. The number of carbonyl (C=O) groups excluding carboxylic acids is 2. The van der Waals surface area contributed by atoms with Crippen LogP contribution < -0.4 is 5.32 Å². The fourth-order valence-corrected chi connectivity index (χ4v) is 4.26. The quantitative estimate of drug-likeness (QED) is 0.315. The normalized spacial score (nSPS) is 12.6. The van der Waals surface area contributed by atoms with Gasteiger partial charge in [-0.3, -0.25) is 9.59 Å². The Labute approximate surface area is 222 Å². The summed E-state index contributed by atoms with van der Waals surface area (Å²) in [4.78, 5) is 28.9. The highest BCUT2D eigenvalue weighted by atomic mass is 35.5. The number of rotatable bonds is 10. The third kappa shape index (κ3) is 7.73. The lowest BCUT2D eigenvalue weighted by molar-refractivity contribution is -0.141. The largest absolute Gasteiger partial charge is 0.352 e. The van der Waals surface area contributed by atoms with Gasteiger partial charge in [-0.15, -0.1) is 0 Å². The highest BCUT2D eigenvalue weighted by Crippen LogP contribution is 2.25. The number of amides is 2. The van der Waals surface area contributed by atoms with Gasteiger partial charge in [0, 0.05) is 24.0 Å². The van der Waals surface area contributed by atoms with Crippen molar-refractivity contribution in [2.24, 2.45) is 0 Å². The standard InChI is InChI=1S/C28H29Cl3N2O2/c1-3-19(2)32-28(35)26(16-20-9-5-4-6-10-20)33(18-21-13-14-24(30)25(31)15-21)27(34)17-22-11-7-8-12-23(22)29/h4-15,19,26H,3,16-18H2,1-2H3,(H,32,35)/t19-,26+/m0/s1. The molecule has 3 aromatic carbocycles. The van der Waals surface area contributed by atoms with E-state index in [0.29, 0.717) is 27.1 Å². The lowest BCUT2D eigenvalue weighted by Gasteiger charge is -2.32. The molecule has 0 unspecified atom stereocenters. The molecule has 7 heteroatoms. The Morgan fingerprint density at radius 3 is 2.20 bits per heavy atom. The van der Waals surface area contributed by atoms with Gasteiger partial charge in [0.05, 0.1) is 16.5 Å². The molecule has 0 aliphatic rings. The number of carbonyl (C=O) groups is 2. The Kier molecular flexibility index (Phi) is 10.0. The van der Waals surface area contributed by atoms with Gasteiger partial charge in [-0.2, -0.15) is 0 Å². The first-order valence-corrected chi connectivity index (χ1v) is 12.7. The molecular weight excluding hydrogens is 503 g/mol. The van der Waals surface area contributed by atoms with E-state index in [1.165, 1.54) is 0 Å². The SMILES string of the molecule is CC[C@H](C)NC(=O)[C@@H](Cc1ccccc1)N(Cc1ccc(Cl)c(Cl)c1)C(=O)Cc1ccccc1Cl. The van der Waals surface area contributed by atoms with Crippen molar-refractivity contribution < 1.29 is 9.59 Å². The van der Waals surface area contributed by atoms with E-state index in [2.05, 4.69) is 5.32 Å². The maximum absolute atomic E-state index is 13.7. The Bertz CT molecular complexity index is 1150. The van der Waals surface area contributed by atoms with Crippen LogP contribution in [0.1, 0.15) is 37.0 Å². The summed E-state index contributed by atoms with van der Waals surface area (Å²) >= 11 is 18.7. The van der Waals surface area contributed by atoms with Crippen molar-refractivity contribution >= 4 is 46.6 Å². The molecule has 0 aromatic heterocycles. The predicted molar refractivity (Wildman–Crippen MR) is 144 cm³/mol. The summed E-state index contributed by atoms with van der Waals surface area (Å²) < 4.78 is 0. The minimum absolute atomic E-state index is 0.0220. The molecule has 1 N–H and O–H groups in total. The molecule has 0 bridgehead atoms. The van der Waals surface area contributed by atoms with E-state index >= 15 is 0 Å². The zero-order valence-electron chi connectivity index (χ0n) is 19.8. The molecule has 184 valence electrons. The molecule has 0 saturated heterocycles. The highest BCUT2D eigenvalue weighted by molar-refractivity contribution is 6.42. The number of hydrogen-bond acceptors (Lipinski definition) is 2. The summed E-state index contributed by atoms with van der Waals surface area (Å²) in [5, 5.41) is 4.40. The summed E-state index contributed by atoms with van der Waals surface area (Å²) in [7, 11) is 0. The molecule has 35 heavy (non-hydrogen) atoms. The van der Waals surface area contributed by atoms with Crippen molar-refractivity contribution in [3.63, 3.8) is 0 Å². The Morgan fingerprint density at radius 1 is 0.857 bits per heavy atom. The lowest BCUT2D eigenvalue weighted by atomic mass is 10.0. The van der Waals surface area contributed by atoms with E-state index in [9.17, 15) is 9.59 Å². The molecule has 0 aliphatic carbocycles. The molecule has 4 nitrogen and oxygen atoms in total. The third-order valence-corrected chi connectivity index (χ3v) is 7.02. The fraction of sp³-hybridized carbons (Fsp3) is 0.286. The van der Waals surface area contributed by atoms with Gasteiger partial charge < -0.3 is 10.2 Å². The van der Waals surface area contributed by atoms with Crippen molar-refractivity contribution in [1.29, 1.82) is 0 Å². The van der Waals surface area contributed by atoms with Crippen LogP contribution in [-0.2, 0) is 29.0 Å². The van der Waals surface area contributed by atoms with Gasteiger partial charge in [0.1, 0.15) is 6.04 Å². The van der Waals surface area contributed by atoms with Crippen LogP contribution in [0.25, 0.3) is 0 Å². The summed E-state index contributed by atoms with van der Waals surface area (Å²) in [5.41, 5.74) is 2.45. The summed E-state index contributed by atoms with van der Waals surface area (Å²) in [5.74, 6) is -0.403. The molecule has 0 radical (unpaired) electrons. The zero-order valence-corrected chi connectivity index (χ0v) is 22.1. The van der Waals surface area contributed by atoms with Gasteiger partial charge in [-0.1, -0.05) is 96.3 Å². The second-order valence-corrected chi connectivity index (χ2v) is 9.78. The van der Waals surface area contributed by atoms with Crippen molar-refractivity contribution in [1.82, 2.24) is 10.2 Å². The van der Waals surface area contributed by atoms with E-state index in [0.717, 1.165) is 17.5 Å². The highest BCUT2D eigenvalue weighted by Gasteiger charge is 2.31. The third-order valence-electron chi connectivity index (χ3n) is 5.91. The van der Waals surface area contributed by atoms with Gasteiger partial charge in [0.2, 0.25) is 11.8 Å². The van der Waals surface area contributed by atoms with Crippen molar-refractivity contribution in [2.45, 2.75) is 51.7 Å². The summed E-state index contributed by atoms with van der Waals surface area (Å²) in [6.45, 7) is 4.16. The van der Waals surface area contributed by atoms with Crippen LogP contribution in [0.2, 0.25) is 15.1 Å². The first-order valence-electron chi connectivity index (χ1n) is 11.6. The van der Waals surface area contributed by atoms with Crippen LogP contribution in [0.3, 0.4) is 0 Å². The minimum Gasteiger partial charge on any atom is -0.352 e. The van der Waals surface area contributed by atoms with Gasteiger partial charge in [-0.05, 0) is 48.2 Å². The van der Waals surface area contributed by atoms with E-state index in [4.69, 9.17) is 34.8 Å². The number of nitrogens with one attached hydrogen (secondary N) is 1. The smallest absolute Gasteiger partial charge is 0.243 e. The van der Waals surface area contributed by atoms with E-state index in [1.54, 1.807) is 23.1 Å². The van der Waals surface area contributed by atoms with Crippen molar-refractivity contribution in [3.05, 3.63) is 105 Å². The summed E-state index contributed by atoms with van der Waals surface area (Å²) in [6, 6.07) is 21.4. The molecule has 0 aliphatic heterocycles. The maximum Gasteiger partial charge on any atom is 0.243 e. The Hall–Kier alpha value is -2.53. The molecule has 0 spiro atoms. The summed E-state index contributed by atoms with van der Waals surface area (Å²) in [6.07, 6.45) is 1.23. The minimum atomic E-state index is -0.726. The molecule has 0 heterocycles. The fourth-order valence-electron chi connectivity index (χ4n) is 3.74. The van der Waals surface area contributed by atoms with Crippen LogP contribution in [-0.4, -0.2) is 28.8 Å². The van der Waals surface area contributed by atoms with Crippen LogP contribution >= 0.6 is 34.8 Å². The van der Waals surface area contributed by atoms with Crippen LogP contribution in [0, 0.1) is 0 Å². The average Bonchev–Trinajstić information content (AvgIpc) is 2.85. The Morgan fingerprint density at radius 2 is 1.54 bits per heavy atom. The molecular formula is C28H29Cl3N2O2. The van der Waals surface area contributed by atoms with E-state index in [1.807, 2.05) is 68.4 Å². The predicted octanol–water partition coefficient (Wildman–Crippen LogP) is 6.74. The number of nitrogens with zero attached hydrogens (tertiary/aromatic N) is 1. The molecule has 2 amide bonds. The average molecular weight is 532 g/mol. The topological polar surface area (TPSA) is 49.4 Å². The Balaban J connectivity index is 2.00. The molecule has 2 atom stereocenters. The molecule has 0 saturated carbocycles. The van der Waals surface area contributed by atoms with Crippen molar-refractivity contribution in [2.75, 3.05) is 0 Å². The molecule has 3 aromatic rings. The number of halogens is 3. The van der Waals surface area contributed by atoms with Gasteiger partial charge in [0.15, 0.2) is 0 Å². The lowest BCUT2D eigenvalue weighted by Crippen LogP contribution is -2.52. The first-order chi connectivity index (χ1) is 16.8. The monoisotopic (exact) mass is 530 g/mol. The van der Waals surface area contributed by atoms with Crippen molar-refractivity contribution in [3.8, 4) is 0 Å². The van der Waals surface area contributed by atoms with Gasteiger partial charge in [-0.25, -0.2) is 0 Å². The van der Waals surface area contributed by atoms with Crippen LogP contribution in [0.5, 0.6) is 0 Å². The van der Waals surface area contributed by atoms with E-state index in [-0.39, 0.29) is 30.8 Å². The van der Waals surface area contributed by atoms with E-state index < -0.39 is 6.04 Å². The number of hydrogen-bond donors (Lipinski definition) is 1.